The molecule has 21 heavy (non-hydrogen) atoms. The Labute approximate surface area is 128 Å². The molecule has 112 valence electrons. The summed E-state index contributed by atoms with van der Waals surface area (Å²) in [6, 6.07) is 15.7. The van der Waals surface area contributed by atoms with Gasteiger partial charge in [0.05, 0.1) is 0 Å². The maximum Gasteiger partial charge on any atom is 0.0325 e. The third kappa shape index (κ3) is 4.98. The standard InChI is InChI=1S/C19H26N2/c1-3-4-6-11-19(18-9-7-5-8-10-18)21-16(2)17-12-14-20-15-13-17/h5,7-10,12-16,19,21H,3-4,6,11H2,1-2H3/t16-,19?/m0/s1. The number of unbranched alkanes of at least 4 members (excludes halogenated alkanes) is 2. The molecule has 2 atom stereocenters. The number of rotatable bonds is 8. The molecule has 0 amide bonds. The molecule has 1 unspecified atom stereocenters. The van der Waals surface area contributed by atoms with Crippen LogP contribution in [0.3, 0.4) is 0 Å². The van der Waals surface area contributed by atoms with Gasteiger partial charge in [0.2, 0.25) is 0 Å². The first-order valence-corrected chi connectivity index (χ1v) is 8.02. The maximum absolute atomic E-state index is 4.10. The number of aromatic nitrogens is 1. The number of nitrogens with zero attached hydrogens (tertiary/aromatic N) is 1. The molecule has 0 bridgehead atoms. The zero-order valence-electron chi connectivity index (χ0n) is 13.1. The second-order valence-electron chi connectivity index (χ2n) is 5.63. The molecule has 1 N–H and O–H groups in total. The van der Waals surface area contributed by atoms with E-state index in [0.717, 1.165) is 0 Å². The van der Waals surface area contributed by atoms with Crippen LogP contribution >= 0.6 is 0 Å². The predicted molar refractivity (Wildman–Crippen MR) is 89.1 cm³/mol. The lowest BCUT2D eigenvalue weighted by Gasteiger charge is -2.24. The van der Waals surface area contributed by atoms with E-state index in [4.69, 9.17) is 0 Å². The molecule has 0 radical (unpaired) electrons. The van der Waals surface area contributed by atoms with E-state index in [1.165, 1.54) is 36.8 Å². The molecule has 1 aromatic carbocycles. The van der Waals surface area contributed by atoms with Crippen LogP contribution in [0.4, 0.5) is 0 Å². The van der Waals surface area contributed by atoms with Crippen molar-refractivity contribution in [2.75, 3.05) is 0 Å². The molecular weight excluding hydrogens is 256 g/mol. The average Bonchev–Trinajstić information content (AvgIpc) is 2.55. The second-order valence-corrected chi connectivity index (χ2v) is 5.63. The number of pyridine rings is 1. The van der Waals surface area contributed by atoms with Crippen LogP contribution in [-0.2, 0) is 0 Å². The van der Waals surface area contributed by atoms with Gasteiger partial charge in [-0.25, -0.2) is 0 Å². The first-order chi connectivity index (χ1) is 10.3. The van der Waals surface area contributed by atoms with Gasteiger partial charge in [0, 0.05) is 24.5 Å². The molecule has 0 aliphatic rings. The Morgan fingerprint density at radius 1 is 0.952 bits per heavy atom. The van der Waals surface area contributed by atoms with Gasteiger partial charge in [0.15, 0.2) is 0 Å². The van der Waals surface area contributed by atoms with E-state index in [0.29, 0.717) is 12.1 Å². The van der Waals surface area contributed by atoms with Crippen LogP contribution in [0, 0.1) is 0 Å². The summed E-state index contributed by atoms with van der Waals surface area (Å²) in [5.74, 6) is 0. The lowest BCUT2D eigenvalue weighted by atomic mass is 9.98. The molecule has 2 rings (SSSR count). The summed E-state index contributed by atoms with van der Waals surface area (Å²) < 4.78 is 0. The van der Waals surface area contributed by atoms with Crippen molar-refractivity contribution in [3.8, 4) is 0 Å². The minimum atomic E-state index is 0.333. The predicted octanol–water partition coefficient (Wildman–Crippen LogP) is 5.05. The topological polar surface area (TPSA) is 24.9 Å². The van der Waals surface area contributed by atoms with Crippen LogP contribution in [-0.4, -0.2) is 4.98 Å². The van der Waals surface area contributed by atoms with Gasteiger partial charge >= 0.3 is 0 Å². The van der Waals surface area contributed by atoms with Gasteiger partial charge in [-0.2, -0.15) is 0 Å². The van der Waals surface area contributed by atoms with E-state index in [9.17, 15) is 0 Å². The fraction of sp³-hybridized carbons (Fsp3) is 0.421. The van der Waals surface area contributed by atoms with Gasteiger partial charge in [-0.3, -0.25) is 4.98 Å². The highest BCUT2D eigenvalue weighted by Gasteiger charge is 2.14. The minimum absolute atomic E-state index is 0.333. The highest BCUT2D eigenvalue weighted by Crippen LogP contribution is 2.24. The van der Waals surface area contributed by atoms with Crippen molar-refractivity contribution in [1.82, 2.24) is 10.3 Å². The third-order valence-electron chi connectivity index (χ3n) is 3.96. The Morgan fingerprint density at radius 3 is 2.33 bits per heavy atom. The zero-order chi connectivity index (χ0) is 14.9. The van der Waals surface area contributed by atoms with Crippen molar-refractivity contribution >= 4 is 0 Å². The number of hydrogen-bond donors (Lipinski definition) is 1. The van der Waals surface area contributed by atoms with Crippen LogP contribution in [0.15, 0.2) is 54.9 Å². The summed E-state index contributed by atoms with van der Waals surface area (Å²) >= 11 is 0. The van der Waals surface area contributed by atoms with E-state index in [2.05, 4.69) is 66.6 Å². The summed E-state index contributed by atoms with van der Waals surface area (Å²) in [7, 11) is 0. The number of nitrogens with one attached hydrogen (secondary N) is 1. The largest absolute Gasteiger partial charge is 0.303 e. The molecular formula is C19H26N2. The highest BCUT2D eigenvalue weighted by atomic mass is 14.9. The van der Waals surface area contributed by atoms with Crippen molar-refractivity contribution in [1.29, 1.82) is 0 Å². The van der Waals surface area contributed by atoms with E-state index >= 15 is 0 Å². The third-order valence-corrected chi connectivity index (χ3v) is 3.96. The van der Waals surface area contributed by atoms with Gasteiger partial charge in [-0.1, -0.05) is 56.5 Å². The Hall–Kier alpha value is -1.67. The summed E-state index contributed by atoms with van der Waals surface area (Å²) in [5.41, 5.74) is 2.68. The quantitative estimate of drug-likeness (QED) is 0.685. The Morgan fingerprint density at radius 2 is 1.67 bits per heavy atom. The molecule has 0 aliphatic heterocycles. The first kappa shape index (κ1) is 15.7. The maximum atomic E-state index is 4.10. The van der Waals surface area contributed by atoms with Gasteiger partial charge in [0.25, 0.3) is 0 Å². The lowest BCUT2D eigenvalue weighted by molar-refractivity contribution is 0.427. The normalized spacial score (nSPS) is 13.8. The zero-order valence-corrected chi connectivity index (χ0v) is 13.1. The van der Waals surface area contributed by atoms with Gasteiger partial charge in [0.1, 0.15) is 0 Å². The van der Waals surface area contributed by atoms with E-state index in [1.807, 2.05) is 12.4 Å². The molecule has 2 heteroatoms. The van der Waals surface area contributed by atoms with Crippen LogP contribution in [0.1, 0.15) is 62.7 Å². The SMILES string of the molecule is CCCCCC(N[C@@H](C)c1ccncc1)c1ccccc1. The summed E-state index contributed by atoms with van der Waals surface area (Å²) in [6.07, 6.45) is 8.75. The Kier molecular flexibility index (Phi) is 6.42. The molecule has 0 aliphatic carbocycles. The molecule has 1 aromatic heterocycles. The number of hydrogen-bond acceptors (Lipinski definition) is 2. The van der Waals surface area contributed by atoms with Crippen LogP contribution in [0.2, 0.25) is 0 Å². The van der Waals surface area contributed by atoms with E-state index in [-0.39, 0.29) is 0 Å². The van der Waals surface area contributed by atoms with Crippen molar-refractivity contribution in [3.63, 3.8) is 0 Å². The number of benzene rings is 1. The first-order valence-electron chi connectivity index (χ1n) is 8.02. The smallest absolute Gasteiger partial charge is 0.0325 e. The molecule has 0 spiro atoms. The molecule has 1 heterocycles. The van der Waals surface area contributed by atoms with Crippen LogP contribution < -0.4 is 5.32 Å². The van der Waals surface area contributed by atoms with Crippen molar-refractivity contribution in [2.24, 2.45) is 0 Å². The van der Waals surface area contributed by atoms with Gasteiger partial charge < -0.3 is 5.32 Å². The van der Waals surface area contributed by atoms with Crippen LogP contribution in [0.5, 0.6) is 0 Å². The fourth-order valence-corrected chi connectivity index (χ4v) is 2.68. The van der Waals surface area contributed by atoms with E-state index in [1.54, 1.807) is 0 Å². The molecule has 0 saturated heterocycles. The average molecular weight is 282 g/mol. The minimum Gasteiger partial charge on any atom is -0.303 e. The monoisotopic (exact) mass is 282 g/mol. The molecule has 2 aromatic rings. The van der Waals surface area contributed by atoms with Crippen molar-refractivity contribution < 1.29 is 0 Å². The molecule has 2 nitrogen and oxygen atoms in total. The molecule has 0 saturated carbocycles. The Bertz CT molecular complexity index is 495. The highest BCUT2D eigenvalue weighted by molar-refractivity contribution is 5.21. The summed E-state index contributed by atoms with van der Waals surface area (Å²) in [4.78, 5) is 4.10. The lowest BCUT2D eigenvalue weighted by Crippen LogP contribution is -2.24. The van der Waals surface area contributed by atoms with Crippen molar-refractivity contribution in [3.05, 3.63) is 66.0 Å². The van der Waals surface area contributed by atoms with Crippen molar-refractivity contribution in [2.45, 2.75) is 51.6 Å². The summed E-state index contributed by atoms with van der Waals surface area (Å²) in [5, 5.41) is 3.78. The molecule has 0 fully saturated rings. The van der Waals surface area contributed by atoms with E-state index < -0.39 is 0 Å². The fourth-order valence-electron chi connectivity index (χ4n) is 2.68. The Balaban J connectivity index is 2.05. The second kappa shape index (κ2) is 8.58. The van der Waals surface area contributed by atoms with Crippen LogP contribution in [0.25, 0.3) is 0 Å². The van der Waals surface area contributed by atoms with Gasteiger partial charge in [-0.05, 0) is 36.6 Å². The summed E-state index contributed by atoms with van der Waals surface area (Å²) in [6.45, 7) is 4.48. The van der Waals surface area contributed by atoms with Gasteiger partial charge in [-0.15, -0.1) is 0 Å².